The molecule has 25 heavy (non-hydrogen) atoms. The molecule has 9 heteroatoms. The molecule has 2 rings (SSSR count). The Bertz CT molecular complexity index is 759. The Morgan fingerprint density at radius 1 is 1.36 bits per heavy atom. The fraction of sp³-hybridized carbons (Fsp3) is 0.500. The normalized spacial score (nSPS) is 14.6. The first-order chi connectivity index (χ1) is 11.9. The molecule has 0 radical (unpaired) electrons. The lowest BCUT2D eigenvalue weighted by Crippen LogP contribution is -2.31. The van der Waals surface area contributed by atoms with E-state index in [0.717, 1.165) is 16.7 Å². The Hall–Kier alpha value is -1.03. The Morgan fingerprint density at radius 2 is 2.08 bits per heavy atom. The van der Waals surface area contributed by atoms with E-state index in [1.807, 2.05) is 13.8 Å². The van der Waals surface area contributed by atoms with Gasteiger partial charge >= 0.3 is 0 Å². The van der Waals surface area contributed by atoms with Gasteiger partial charge in [0.25, 0.3) is 0 Å². The standard InChI is InChI=1S/C16H23N3O3S3/c1-4-19(5-2)25(21,22)14-10-13(7-6-12(14)3)18-15(20)11-24-16-17-8-9-23-16/h6-7,10H,4-5,8-9,11H2,1-3H3,(H,18,20). The Labute approximate surface area is 157 Å². The lowest BCUT2D eigenvalue weighted by Gasteiger charge is -2.20. The number of carbonyl (C=O) groups is 1. The molecule has 0 aromatic heterocycles. The number of nitrogens with zero attached hydrogens (tertiary/aromatic N) is 2. The number of sulfonamides is 1. The quantitative estimate of drug-likeness (QED) is 0.760. The molecule has 0 fully saturated rings. The van der Waals surface area contributed by atoms with Crippen molar-refractivity contribution in [2.45, 2.75) is 25.7 Å². The van der Waals surface area contributed by atoms with E-state index in [9.17, 15) is 13.2 Å². The summed E-state index contributed by atoms with van der Waals surface area (Å²) in [5.74, 6) is 1.06. The molecule has 0 spiro atoms. The van der Waals surface area contributed by atoms with Crippen molar-refractivity contribution in [3.8, 4) is 0 Å². The molecule has 1 heterocycles. The van der Waals surface area contributed by atoms with Gasteiger partial charge in [0.2, 0.25) is 15.9 Å². The average molecular weight is 402 g/mol. The van der Waals surface area contributed by atoms with Crippen LogP contribution < -0.4 is 5.32 Å². The third-order valence-corrected chi connectivity index (χ3v) is 8.12. The predicted octanol–water partition coefficient (Wildman–Crippen LogP) is 2.80. The summed E-state index contributed by atoms with van der Waals surface area (Å²) in [5, 5.41) is 2.77. The van der Waals surface area contributed by atoms with Gasteiger partial charge in [-0.05, 0) is 24.6 Å². The summed E-state index contributed by atoms with van der Waals surface area (Å²) in [4.78, 5) is 16.6. The van der Waals surface area contributed by atoms with Crippen LogP contribution in [0.1, 0.15) is 19.4 Å². The average Bonchev–Trinajstić information content (AvgIpc) is 3.09. The summed E-state index contributed by atoms with van der Waals surface area (Å²) in [6.45, 7) is 7.00. The number of amides is 1. The lowest BCUT2D eigenvalue weighted by molar-refractivity contribution is -0.113. The summed E-state index contributed by atoms with van der Waals surface area (Å²) in [7, 11) is -3.56. The summed E-state index contributed by atoms with van der Waals surface area (Å²) in [6, 6.07) is 4.98. The third kappa shape index (κ3) is 5.22. The molecule has 0 bridgehead atoms. The number of carbonyl (C=O) groups excluding carboxylic acids is 1. The molecule has 0 saturated heterocycles. The molecule has 0 unspecified atom stereocenters. The molecule has 1 amide bonds. The van der Waals surface area contributed by atoms with Gasteiger partial charge in [-0.2, -0.15) is 4.31 Å². The maximum atomic E-state index is 12.7. The zero-order valence-corrected chi connectivity index (χ0v) is 17.1. The van der Waals surface area contributed by atoms with E-state index >= 15 is 0 Å². The Balaban J connectivity index is 2.11. The molecule has 1 aliphatic rings. The first kappa shape index (κ1) is 20.3. The molecule has 1 N–H and O–H groups in total. The topological polar surface area (TPSA) is 78.8 Å². The van der Waals surface area contributed by atoms with E-state index in [1.54, 1.807) is 30.8 Å². The zero-order chi connectivity index (χ0) is 18.4. The number of nitrogens with one attached hydrogen (secondary N) is 1. The van der Waals surface area contributed by atoms with Crippen molar-refractivity contribution in [2.75, 3.05) is 36.5 Å². The predicted molar refractivity (Wildman–Crippen MR) is 107 cm³/mol. The van der Waals surface area contributed by atoms with Crippen molar-refractivity contribution in [1.82, 2.24) is 4.31 Å². The monoisotopic (exact) mass is 401 g/mol. The molecule has 1 aliphatic heterocycles. The van der Waals surface area contributed by atoms with Crippen molar-refractivity contribution in [2.24, 2.45) is 4.99 Å². The largest absolute Gasteiger partial charge is 0.325 e. The maximum Gasteiger partial charge on any atom is 0.243 e. The lowest BCUT2D eigenvalue weighted by atomic mass is 10.2. The van der Waals surface area contributed by atoms with Crippen LogP contribution in [-0.2, 0) is 14.8 Å². The summed E-state index contributed by atoms with van der Waals surface area (Å²) < 4.78 is 27.8. The number of anilines is 1. The van der Waals surface area contributed by atoms with Gasteiger partial charge in [0.05, 0.1) is 17.2 Å². The number of aliphatic imine (C=N–C) groups is 1. The van der Waals surface area contributed by atoms with Crippen LogP contribution in [0.25, 0.3) is 0 Å². The van der Waals surface area contributed by atoms with Gasteiger partial charge < -0.3 is 5.32 Å². The van der Waals surface area contributed by atoms with Gasteiger partial charge in [-0.15, -0.1) is 0 Å². The number of rotatable bonds is 7. The highest BCUT2D eigenvalue weighted by atomic mass is 32.2. The van der Waals surface area contributed by atoms with Crippen molar-refractivity contribution in [3.63, 3.8) is 0 Å². The van der Waals surface area contributed by atoms with Gasteiger partial charge in [-0.1, -0.05) is 43.4 Å². The summed E-state index contributed by atoms with van der Waals surface area (Å²) in [5.41, 5.74) is 1.15. The van der Waals surface area contributed by atoms with Crippen LogP contribution in [-0.4, -0.2) is 54.1 Å². The van der Waals surface area contributed by atoms with Crippen LogP contribution in [0, 0.1) is 6.92 Å². The minimum atomic E-state index is -3.56. The van der Waals surface area contributed by atoms with Crippen molar-refractivity contribution >= 4 is 49.5 Å². The molecule has 1 aromatic carbocycles. The van der Waals surface area contributed by atoms with Gasteiger partial charge in [0.15, 0.2) is 0 Å². The molecule has 138 valence electrons. The molecular weight excluding hydrogens is 378 g/mol. The van der Waals surface area contributed by atoms with Crippen LogP contribution in [0.4, 0.5) is 5.69 Å². The fourth-order valence-electron chi connectivity index (χ4n) is 2.39. The maximum absolute atomic E-state index is 12.7. The summed E-state index contributed by atoms with van der Waals surface area (Å²) >= 11 is 3.07. The van der Waals surface area contributed by atoms with E-state index < -0.39 is 10.0 Å². The van der Waals surface area contributed by atoms with Gasteiger partial charge in [0, 0.05) is 24.5 Å². The smallest absolute Gasteiger partial charge is 0.243 e. The van der Waals surface area contributed by atoms with E-state index in [0.29, 0.717) is 24.3 Å². The number of thioether (sulfide) groups is 2. The first-order valence-corrected chi connectivity index (χ1v) is 11.5. The molecule has 0 atom stereocenters. The highest BCUT2D eigenvalue weighted by Gasteiger charge is 2.24. The number of benzene rings is 1. The second kappa shape index (κ2) is 9.07. The molecular formula is C16H23N3O3S3. The molecule has 0 aliphatic carbocycles. The second-order valence-electron chi connectivity index (χ2n) is 5.40. The molecule has 1 aromatic rings. The Kier molecular flexibility index (Phi) is 7.36. The van der Waals surface area contributed by atoms with Crippen molar-refractivity contribution in [1.29, 1.82) is 0 Å². The Morgan fingerprint density at radius 3 is 2.68 bits per heavy atom. The highest BCUT2D eigenvalue weighted by molar-refractivity contribution is 8.39. The number of hydrogen-bond acceptors (Lipinski definition) is 6. The van der Waals surface area contributed by atoms with Crippen LogP contribution in [0.3, 0.4) is 0 Å². The van der Waals surface area contributed by atoms with Crippen molar-refractivity contribution < 1.29 is 13.2 Å². The van der Waals surface area contributed by atoms with E-state index in [4.69, 9.17) is 0 Å². The van der Waals surface area contributed by atoms with Gasteiger partial charge in [0.1, 0.15) is 4.38 Å². The van der Waals surface area contributed by atoms with E-state index in [1.165, 1.54) is 22.1 Å². The zero-order valence-electron chi connectivity index (χ0n) is 14.6. The van der Waals surface area contributed by atoms with E-state index in [2.05, 4.69) is 10.3 Å². The highest BCUT2D eigenvalue weighted by Crippen LogP contribution is 2.25. The van der Waals surface area contributed by atoms with Crippen LogP contribution >= 0.6 is 23.5 Å². The minimum absolute atomic E-state index is 0.171. The van der Waals surface area contributed by atoms with Gasteiger partial charge in [-0.25, -0.2) is 8.42 Å². The fourth-order valence-corrected chi connectivity index (χ4v) is 5.90. The minimum Gasteiger partial charge on any atom is -0.325 e. The summed E-state index contributed by atoms with van der Waals surface area (Å²) in [6.07, 6.45) is 0. The third-order valence-electron chi connectivity index (χ3n) is 3.68. The van der Waals surface area contributed by atoms with Gasteiger partial charge in [-0.3, -0.25) is 9.79 Å². The van der Waals surface area contributed by atoms with Crippen molar-refractivity contribution in [3.05, 3.63) is 23.8 Å². The van der Waals surface area contributed by atoms with E-state index in [-0.39, 0.29) is 16.6 Å². The van der Waals surface area contributed by atoms with Crippen LogP contribution in [0.2, 0.25) is 0 Å². The van der Waals surface area contributed by atoms with Crippen LogP contribution in [0.15, 0.2) is 28.1 Å². The van der Waals surface area contributed by atoms with Crippen LogP contribution in [0.5, 0.6) is 0 Å². The SMILES string of the molecule is CCN(CC)S(=O)(=O)c1cc(NC(=O)CSC2=NCCS2)ccc1C. The first-order valence-electron chi connectivity index (χ1n) is 8.09. The molecule has 0 saturated carbocycles. The number of aryl methyl sites for hydroxylation is 1. The molecule has 6 nitrogen and oxygen atoms in total. The number of hydrogen-bond donors (Lipinski definition) is 1. The second-order valence-corrected chi connectivity index (χ2v) is 9.61.